The summed E-state index contributed by atoms with van der Waals surface area (Å²) in [5.41, 5.74) is 6.71. The van der Waals surface area contributed by atoms with E-state index in [2.05, 4.69) is 6.92 Å². The van der Waals surface area contributed by atoms with Crippen molar-refractivity contribution in [2.45, 2.75) is 83.6 Å². The van der Waals surface area contributed by atoms with Gasteiger partial charge in [0, 0.05) is 18.0 Å². The van der Waals surface area contributed by atoms with E-state index < -0.39 is 23.3 Å². The minimum Gasteiger partial charge on any atom is -0.480 e. The molecule has 0 saturated heterocycles. The summed E-state index contributed by atoms with van der Waals surface area (Å²) < 4.78 is 0. The molecule has 0 fully saturated rings. The van der Waals surface area contributed by atoms with Crippen LogP contribution >= 0.6 is 0 Å². The lowest BCUT2D eigenvalue weighted by atomic mass is 9.64. The van der Waals surface area contributed by atoms with Crippen LogP contribution in [0.15, 0.2) is 47.6 Å². The van der Waals surface area contributed by atoms with Crippen molar-refractivity contribution in [3.05, 3.63) is 58.7 Å². The zero-order valence-electron chi connectivity index (χ0n) is 18.9. The van der Waals surface area contributed by atoms with Crippen molar-refractivity contribution in [3.63, 3.8) is 0 Å². The molecule has 1 aliphatic carbocycles. The molecule has 1 aromatic carbocycles. The van der Waals surface area contributed by atoms with Gasteiger partial charge in [-0.2, -0.15) is 0 Å². The molecule has 0 heterocycles. The van der Waals surface area contributed by atoms with E-state index in [0.29, 0.717) is 18.5 Å². The summed E-state index contributed by atoms with van der Waals surface area (Å²) in [6, 6.07) is 7.11. The van der Waals surface area contributed by atoms with E-state index in [0.717, 1.165) is 30.4 Å². The third-order valence-corrected chi connectivity index (χ3v) is 6.56. The molecule has 2 rings (SSSR count). The van der Waals surface area contributed by atoms with Crippen LogP contribution in [0.3, 0.4) is 0 Å². The Bertz CT molecular complexity index is 809. The third-order valence-electron chi connectivity index (χ3n) is 6.56. The molecule has 0 spiro atoms. The maximum absolute atomic E-state index is 12.4. The second kappa shape index (κ2) is 11.8. The van der Waals surface area contributed by atoms with E-state index in [1.807, 2.05) is 0 Å². The van der Waals surface area contributed by atoms with Crippen molar-refractivity contribution in [1.82, 2.24) is 0 Å². The maximum atomic E-state index is 12.4. The highest BCUT2D eigenvalue weighted by Crippen LogP contribution is 2.44. The highest BCUT2D eigenvalue weighted by molar-refractivity contribution is 5.94. The van der Waals surface area contributed by atoms with E-state index in [9.17, 15) is 19.8 Å². The van der Waals surface area contributed by atoms with Crippen molar-refractivity contribution in [2.24, 2.45) is 11.7 Å². The monoisotopic (exact) mass is 427 g/mol. The molecule has 170 valence electrons. The number of hydrogen-bond acceptors (Lipinski definition) is 3. The van der Waals surface area contributed by atoms with Gasteiger partial charge in [-0.25, -0.2) is 4.79 Å². The molecule has 4 N–H and O–H groups in total. The van der Waals surface area contributed by atoms with Gasteiger partial charge < -0.3 is 15.9 Å². The molecule has 2 atom stereocenters. The summed E-state index contributed by atoms with van der Waals surface area (Å²) in [5, 5.41) is 20.1. The quantitative estimate of drug-likeness (QED) is 0.357. The molecule has 0 bridgehead atoms. The molecular weight excluding hydrogens is 390 g/mol. The van der Waals surface area contributed by atoms with E-state index in [1.165, 1.54) is 32.1 Å². The van der Waals surface area contributed by atoms with Crippen LogP contribution in [-0.4, -0.2) is 22.2 Å². The standard InChI is InChI=1S/C26H37NO4/c1-3-4-5-6-7-8-9-10-11-21-16-17-26(25(30)31,19(2)23(21)24(28)29)22-14-12-20(18-27)13-15-22/h12-17,19H,3-11,18,27H2,1-2H3,(H,28,29)(H,30,31). The first-order valence-corrected chi connectivity index (χ1v) is 11.6. The Balaban J connectivity index is 2.16. The smallest absolute Gasteiger partial charge is 0.332 e. The van der Waals surface area contributed by atoms with Gasteiger partial charge in [0.1, 0.15) is 5.41 Å². The minimum atomic E-state index is -1.40. The molecule has 1 aliphatic rings. The fraction of sp³-hybridized carbons (Fsp3) is 0.538. The number of benzene rings is 1. The number of carboxylic acids is 2. The topological polar surface area (TPSA) is 101 Å². The fourth-order valence-corrected chi connectivity index (χ4v) is 4.60. The number of hydrogen-bond donors (Lipinski definition) is 3. The Hall–Kier alpha value is -2.40. The van der Waals surface area contributed by atoms with Gasteiger partial charge in [-0.3, -0.25) is 4.79 Å². The van der Waals surface area contributed by atoms with Crippen LogP contribution in [-0.2, 0) is 21.5 Å². The number of aliphatic carboxylic acids is 2. The van der Waals surface area contributed by atoms with Crippen LogP contribution in [0.1, 0.15) is 82.8 Å². The number of carboxylic acid groups (broad SMARTS) is 2. The Morgan fingerprint density at radius 2 is 1.55 bits per heavy atom. The van der Waals surface area contributed by atoms with Crippen molar-refractivity contribution in [3.8, 4) is 0 Å². The number of unbranched alkanes of at least 4 members (excludes halogenated alkanes) is 7. The normalized spacial score (nSPS) is 20.8. The molecule has 5 heteroatoms. The lowest BCUT2D eigenvalue weighted by molar-refractivity contribution is -0.143. The van der Waals surface area contributed by atoms with E-state index in [1.54, 1.807) is 43.3 Å². The number of nitrogens with two attached hydrogens (primary N) is 1. The van der Waals surface area contributed by atoms with Crippen LogP contribution in [0.2, 0.25) is 0 Å². The molecule has 1 aromatic rings. The molecule has 0 radical (unpaired) electrons. The number of allylic oxidation sites excluding steroid dienone is 2. The Morgan fingerprint density at radius 3 is 2.06 bits per heavy atom. The molecule has 0 aliphatic heterocycles. The molecule has 0 amide bonds. The summed E-state index contributed by atoms with van der Waals surface area (Å²) in [4.78, 5) is 24.6. The first kappa shape index (κ1) is 24.9. The van der Waals surface area contributed by atoms with Crippen LogP contribution in [0.4, 0.5) is 0 Å². The van der Waals surface area contributed by atoms with Gasteiger partial charge in [0.05, 0.1) is 0 Å². The van der Waals surface area contributed by atoms with Gasteiger partial charge >= 0.3 is 11.9 Å². The van der Waals surface area contributed by atoms with E-state index in [-0.39, 0.29) is 5.57 Å². The second-order valence-corrected chi connectivity index (χ2v) is 8.60. The highest BCUT2D eigenvalue weighted by atomic mass is 16.4. The van der Waals surface area contributed by atoms with Crippen LogP contribution in [0.25, 0.3) is 0 Å². The van der Waals surface area contributed by atoms with Gasteiger partial charge in [-0.15, -0.1) is 0 Å². The van der Waals surface area contributed by atoms with Gasteiger partial charge in [-0.05, 0) is 29.5 Å². The van der Waals surface area contributed by atoms with Crippen molar-refractivity contribution in [1.29, 1.82) is 0 Å². The molecule has 0 aromatic heterocycles. The molecular formula is C26H37NO4. The highest BCUT2D eigenvalue weighted by Gasteiger charge is 2.48. The van der Waals surface area contributed by atoms with Gasteiger partial charge in [0.2, 0.25) is 0 Å². The third kappa shape index (κ3) is 5.85. The predicted molar refractivity (Wildman–Crippen MR) is 124 cm³/mol. The maximum Gasteiger partial charge on any atom is 0.332 e. The zero-order valence-corrected chi connectivity index (χ0v) is 18.9. The van der Waals surface area contributed by atoms with Crippen molar-refractivity contribution in [2.75, 3.05) is 0 Å². The minimum absolute atomic E-state index is 0.218. The van der Waals surface area contributed by atoms with Crippen LogP contribution in [0, 0.1) is 5.92 Å². The Morgan fingerprint density at radius 1 is 0.968 bits per heavy atom. The first-order chi connectivity index (χ1) is 14.9. The predicted octanol–water partition coefficient (Wildman–Crippen LogP) is 5.59. The number of carbonyl (C=O) groups is 2. The van der Waals surface area contributed by atoms with E-state index >= 15 is 0 Å². The zero-order chi connectivity index (χ0) is 22.9. The summed E-state index contributed by atoms with van der Waals surface area (Å²) in [7, 11) is 0. The second-order valence-electron chi connectivity index (χ2n) is 8.60. The fourth-order valence-electron chi connectivity index (χ4n) is 4.60. The lowest BCUT2D eigenvalue weighted by Crippen LogP contribution is -2.44. The molecule has 2 unspecified atom stereocenters. The summed E-state index contributed by atoms with van der Waals surface area (Å²) in [5.74, 6) is -2.75. The summed E-state index contributed by atoms with van der Waals surface area (Å²) in [6.45, 7) is 4.29. The molecule has 31 heavy (non-hydrogen) atoms. The molecule has 0 saturated carbocycles. The van der Waals surface area contributed by atoms with Crippen LogP contribution in [0.5, 0.6) is 0 Å². The lowest BCUT2D eigenvalue weighted by Gasteiger charge is -2.37. The van der Waals surface area contributed by atoms with Gasteiger partial charge in [0.15, 0.2) is 0 Å². The molecule has 5 nitrogen and oxygen atoms in total. The van der Waals surface area contributed by atoms with E-state index in [4.69, 9.17) is 5.73 Å². The van der Waals surface area contributed by atoms with Crippen LogP contribution < -0.4 is 5.73 Å². The Labute approximate surface area is 186 Å². The Kier molecular flexibility index (Phi) is 9.50. The average molecular weight is 428 g/mol. The first-order valence-electron chi connectivity index (χ1n) is 11.6. The summed E-state index contributed by atoms with van der Waals surface area (Å²) in [6.07, 6.45) is 13.5. The summed E-state index contributed by atoms with van der Waals surface area (Å²) >= 11 is 0. The number of rotatable bonds is 13. The van der Waals surface area contributed by atoms with Crippen molar-refractivity contribution < 1.29 is 19.8 Å². The van der Waals surface area contributed by atoms with Crippen molar-refractivity contribution >= 4 is 11.9 Å². The largest absolute Gasteiger partial charge is 0.480 e. The average Bonchev–Trinajstić information content (AvgIpc) is 2.75. The van der Waals surface area contributed by atoms with Gasteiger partial charge in [0.25, 0.3) is 0 Å². The SMILES string of the molecule is CCCCCCCCCCC1=C(C(=O)O)C(C)C(C(=O)O)(c2ccc(CN)cc2)C=C1. The van der Waals surface area contributed by atoms with Gasteiger partial charge in [-0.1, -0.05) is 95.2 Å².